The van der Waals surface area contributed by atoms with Crippen LogP contribution in [0.4, 0.5) is 0 Å². The van der Waals surface area contributed by atoms with Crippen molar-refractivity contribution >= 4 is 21.8 Å². The maximum absolute atomic E-state index is 12.4. The molecule has 0 saturated carbocycles. The lowest BCUT2D eigenvalue weighted by molar-refractivity contribution is 0.0937. The monoisotopic (exact) mass is 355 g/mol. The molecule has 1 atom stereocenters. The van der Waals surface area contributed by atoms with Crippen molar-refractivity contribution in [3.05, 3.63) is 22.4 Å². The maximum Gasteiger partial charge on any atom is 0.267 e. The van der Waals surface area contributed by atoms with Gasteiger partial charge in [-0.05, 0) is 61.1 Å². The van der Waals surface area contributed by atoms with E-state index in [4.69, 9.17) is 0 Å². The van der Waals surface area contributed by atoms with Crippen LogP contribution in [0.1, 0.15) is 44.1 Å². The average molecular weight is 356 g/mol. The number of rotatable bonds is 6. The summed E-state index contributed by atoms with van der Waals surface area (Å²) in [5.74, 6) is 0.617. The number of halogens is 1. The summed E-state index contributed by atoms with van der Waals surface area (Å²) in [7, 11) is 0. The third kappa shape index (κ3) is 4.33. The molecule has 1 unspecified atom stereocenters. The summed E-state index contributed by atoms with van der Waals surface area (Å²) < 4.78 is 2.99. The Kier molecular flexibility index (Phi) is 5.88. The molecule has 0 bridgehead atoms. The molecule has 2 heterocycles. The Balaban J connectivity index is 1.88. The first-order valence-corrected chi connectivity index (χ1v) is 8.68. The number of hydrogen-bond donors (Lipinski definition) is 1. The van der Waals surface area contributed by atoms with E-state index in [1.54, 1.807) is 0 Å². The second kappa shape index (κ2) is 7.45. The fraction of sp³-hybridized carbons (Fsp3) is 0.688. The SMILES string of the molecule is CCCn1cc(Br)cc1C(=O)NCC1CCN(C(C)C)C1. The van der Waals surface area contributed by atoms with Crippen LogP contribution in [0.5, 0.6) is 0 Å². The molecule has 5 heteroatoms. The van der Waals surface area contributed by atoms with E-state index in [0.29, 0.717) is 12.0 Å². The minimum atomic E-state index is 0.0390. The molecule has 0 spiro atoms. The van der Waals surface area contributed by atoms with Gasteiger partial charge in [0.1, 0.15) is 5.69 Å². The standard InChI is InChI=1S/C16H26BrN3O/c1-4-6-20-11-14(17)8-15(20)16(21)18-9-13-5-7-19(10-13)12(2)3/h8,11-13H,4-7,9-10H2,1-3H3,(H,18,21). The van der Waals surface area contributed by atoms with E-state index in [2.05, 4.69) is 46.9 Å². The fourth-order valence-corrected chi connectivity index (χ4v) is 3.38. The topological polar surface area (TPSA) is 37.3 Å². The van der Waals surface area contributed by atoms with Gasteiger partial charge in [0.05, 0.1) is 0 Å². The van der Waals surface area contributed by atoms with Crippen molar-refractivity contribution in [1.29, 1.82) is 0 Å². The van der Waals surface area contributed by atoms with Crippen molar-refractivity contribution in [2.24, 2.45) is 5.92 Å². The van der Waals surface area contributed by atoms with E-state index in [-0.39, 0.29) is 5.91 Å². The zero-order chi connectivity index (χ0) is 15.4. The number of hydrogen-bond acceptors (Lipinski definition) is 2. The van der Waals surface area contributed by atoms with Gasteiger partial charge in [-0.15, -0.1) is 0 Å². The Labute approximate surface area is 136 Å². The number of nitrogens with one attached hydrogen (secondary N) is 1. The molecule has 2 rings (SSSR count). The number of carbonyl (C=O) groups is 1. The van der Waals surface area contributed by atoms with Gasteiger partial charge in [0.2, 0.25) is 0 Å². The number of aryl methyl sites for hydroxylation is 1. The Bertz CT molecular complexity index is 484. The van der Waals surface area contributed by atoms with Crippen molar-refractivity contribution in [2.75, 3.05) is 19.6 Å². The lowest BCUT2D eigenvalue weighted by atomic mass is 10.1. The van der Waals surface area contributed by atoms with Gasteiger partial charge in [-0.25, -0.2) is 0 Å². The Morgan fingerprint density at radius 1 is 1.52 bits per heavy atom. The minimum Gasteiger partial charge on any atom is -0.350 e. The molecular weight excluding hydrogens is 330 g/mol. The summed E-state index contributed by atoms with van der Waals surface area (Å²) in [5, 5.41) is 3.11. The molecule has 1 amide bonds. The Hall–Kier alpha value is -0.810. The molecule has 118 valence electrons. The summed E-state index contributed by atoms with van der Waals surface area (Å²) in [6.45, 7) is 10.5. The van der Waals surface area contributed by atoms with Crippen LogP contribution >= 0.6 is 15.9 Å². The highest BCUT2D eigenvalue weighted by Crippen LogP contribution is 2.19. The third-order valence-corrected chi connectivity index (χ3v) is 4.59. The molecule has 0 aromatic carbocycles. The van der Waals surface area contributed by atoms with E-state index < -0.39 is 0 Å². The first-order chi connectivity index (χ1) is 10.0. The minimum absolute atomic E-state index is 0.0390. The lowest BCUT2D eigenvalue weighted by Gasteiger charge is -2.20. The van der Waals surface area contributed by atoms with Crippen LogP contribution in [0.25, 0.3) is 0 Å². The summed E-state index contributed by atoms with van der Waals surface area (Å²) in [6, 6.07) is 2.50. The van der Waals surface area contributed by atoms with E-state index in [1.165, 1.54) is 6.42 Å². The van der Waals surface area contributed by atoms with Crippen molar-refractivity contribution in [3.63, 3.8) is 0 Å². The van der Waals surface area contributed by atoms with Gasteiger partial charge in [0.25, 0.3) is 5.91 Å². The van der Waals surface area contributed by atoms with E-state index in [1.807, 2.05) is 16.8 Å². The first-order valence-electron chi connectivity index (χ1n) is 7.89. The molecule has 4 nitrogen and oxygen atoms in total. The predicted molar refractivity (Wildman–Crippen MR) is 89.6 cm³/mol. The predicted octanol–water partition coefficient (Wildman–Crippen LogP) is 3.12. The van der Waals surface area contributed by atoms with Gasteiger partial charge < -0.3 is 14.8 Å². The van der Waals surface area contributed by atoms with E-state index >= 15 is 0 Å². The molecule has 0 radical (unpaired) electrons. The molecular formula is C16H26BrN3O. The fourth-order valence-electron chi connectivity index (χ4n) is 2.92. The van der Waals surface area contributed by atoms with Crippen LogP contribution in [0, 0.1) is 5.92 Å². The van der Waals surface area contributed by atoms with Crippen LogP contribution in [-0.2, 0) is 6.54 Å². The quantitative estimate of drug-likeness (QED) is 0.850. The zero-order valence-electron chi connectivity index (χ0n) is 13.2. The normalized spacial score (nSPS) is 19.4. The number of nitrogens with zero attached hydrogens (tertiary/aromatic N) is 2. The molecule has 1 aromatic heterocycles. The van der Waals surface area contributed by atoms with Gasteiger partial charge in [-0.1, -0.05) is 6.92 Å². The van der Waals surface area contributed by atoms with Crippen LogP contribution in [0.3, 0.4) is 0 Å². The Morgan fingerprint density at radius 3 is 2.90 bits per heavy atom. The third-order valence-electron chi connectivity index (χ3n) is 4.16. The Morgan fingerprint density at radius 2 is 2.29 bits per heavy atom. The highest BCUT2D eigenvalue weighted by Gasteiger charge is 2.24. The van der Waals surface area contributed by atoms with Gasteiger partial charge in [0.15, 0.2) is 0 Å². The van der Waals surface area contributed by atoms with Gasteiger partial charge in [-0.3, -0.25) is 4.79 Å². The highest BCUT2D eigenvalue weighted by atomic mass is 79.9. The number of carbonyl (C=O) groups excluding carboxylic acids is 1. The summed E-state index contributed by atoms with van der Waals surface area (Å²) in [6.07, 6.45) is 4.18. The molecule has 1 N–H and O–H groups in total. The first kappa shape index (κ1) is 16.6. The van der Waals surface area contributed by atoms with Crippen molar-refractivity contribution < 1.29 is 4.79 Å². The van der Waals surface area contributed by atoms with Gasteiger partial charge >= 0.3 is 0 Å². The largest absolute Gasteiger partial charge is 0.350 e. The molecule has 1 fully saturated rings. The number of amides is 1. The molecule has 1 saturated heterocycles. The number of likely N-dealkylation sites (tertiary alicyclic amines) is 1. The maximum atomic E-state index is 12.4. The molecule has 21 heavy (non-hydrogen) atoms. The van der Waals surface area contributed by atoms with Crippen LogP contribution in [-0.4, -0.2) is 41.1 Å². The average Bonchev–Trinajstić information content (AvgIpc) is 3.03. The van der Waals surface area contributed by atoms with Crippen molar-refractivity contribution in [1.82, 2.24) is 14.8 Å². The second-order valence-electron chi connectivity index (χ2n) is 6.19. The zero-order valence-corrected chi connectivity index (χ0v) is 14.8. The highest BCUT2D eigenvalue weighted by molar-refractivity contribution is 9.10. The molecule has 0 aliphatic carbocycles. The van der Waals surface area contributed by atoms with Gasteiger partial charge in [0, 0.05) is 36.3 Å². The molecule has 1 aromatic rings. The number of aromatic nitrogens is 1. The van der Waals surface area contributed by atoms with Crippen LogP contribution in [0.15, 0.2) is 16.7 Å². The van der Waals surface area contributed by atoms with Crippen molar-refractivity contribution in [3.8, 4) is 0 Å². The summed E-state index contributed by atoms with van der Waals surface area (Å²) in [4.78, 5) is 14.8. The molecule has 1 aliphatic rings. The lowest BCUT2D eigenvalue weighted by Crippen LogP contribution is -2.33. The molecule has 1 aliphatic heterocycles. The second-order valence-corrected chi connectivity index (χ2v) is 7.11. The summed E-state index contributed by atoms with van der Waals surface area (Å²) >= 11 is 3.45. The van der Waals surface area contributed by atoms with Crippen molar-refractivity contribution in [2.45, 2.75) is 46.2 Å². The van der Waals surface area contributed by atoms with E-state index in [0.717, 1.165) is 42.8 Å². The van der Waals surface area contributed by atoms with E-state index in [9.17, 15) is 4.79 Å². The van der Waals surface area contributed by atoms with Crippen LogP contribution < -0.4 is 5.32 Å². The van der Waals surface area contributed by atoms with Crippen LogP contribution in [0.2, 0.25) is 0 Å². The summed E-state index contributed by atoms with van der Waals surface area (Å²) in [5.41, 5.74) is 0.752. The smallest absolute Gasteiger partial charge is 0.267 e. The van der Waals surface area contributed by atoms with Gasteiger partial charge in [-0.2, -0.15) is 0 Å².